The van der Waals surface area contributed by atoms with Gasteiger partial charge in [0.1, 0.15) is 5.02 Å². The maximum absolute atomic E-state index is 12.4. The van der Waals surface area contributed by atoms with Gasteiger partial charge in [0.2, 0.25) is 17.8 Å². The molecule has 3 N–H and O–H groups in total. The Bertz CT molecular complexity index is 1400. The van der Waals surface area contributed by atoms with Gasteiger partial charge in [-0.1, -0.05) is 35.9 Å². The summed E-state index contributed by atoms with van der Waals surface area (Å²) in [5, 5.41) is 9.97. The van der Waals surface area contributed by atoms with Crippen LogP contribution in [0.2, 0.25) is 5.02 Å². The van der Waals surface area contributed by atoms with Gasteiger partial charge >= 0.3 is 0 Å². The van der Waals surface area contributed by atoms with Crippen LogP contribution in [-0.2, 0) is 21.5 Å². The normalized spacial score (nSPS) is 16.6. The number of hydrogen-bond acceptors (Lipinski definition) is 7. The molecule has 2 aliphatic heterocycles. The van der Waals surface area contributed by atoms with Crippen molar-refractivity contribution >= 4 is 46.6 Å². The molecule has 0 aliphatic carbocycles. The maximum Gasteiger partial charge on any atom is 0.236 e. The fraction of sp³-hybridized carbons (Fsp3) is 0.400. The lowest BCUT2D eigenvalue weighted by atomic mass is 9.83. The first-order valence-corrected chi connectivity index (χ1v) is 14.0. The molecule has 0 spiro atoms. The summed E-state index contributed by atoms with van der Waals surface area (Å²) in [4.78, 5) is 37.6. The minimum absolute atomic E-state index is 0.00640. The molecule has 1 aromatic heterocycles. The Labute approximate surface area is 240 Å². The van der Waals surface area contributed by atoms with Crippen LogP contribution in [0.5, 0.6) is 0 Å². The zero-order valence-corrected chi connectivity index (χ0v) is 24.2. The molecule has 0 saturated carbocycles. The third-order valence-corrected chi connectivity index (χ3v) is 8.00. The van der Waals surface area contributed by atoms with Crippen LogP contribution in [0.25, 0.3) is 0 Å². The molecule has 0 radical (unpaired) electrons. The number of halogens is 1. The second-order valence-corrected chi connectivity index (χ2v) is 11.7. The summed E-state index contributed by atoms with van der Waals surface area (Å²) in [5.41, 5.74) is 4.38. The van der Waals surface area contributed by atoms with Gasteiger partial charge in [0, 0.05) is 31.0 Å². The molecule has 2 aromatic carbocycles. The molecule has 0 atom stereocenters. The Morgan fingerprint density at radius 2 is 1.88 bits per heavy atom. The summed E-state index contributed by atoms with van der Waals surface area (Å²) in [6, 6.07) is 14.2. The minimum atomic E-state index is -0.609. The van der Waals surface area contributed by atoms with E-state index >= 15 is 0 Å². The van der Waals surface area contributed by atoms with Gasteiger partial charge in [-0.15, -0.1) is 0 Å². The average molecular weight is 562 g/mol. The monoisotopic (exact) mass is 561 g/mol. The molecule has 40 heavy (non-hydrogen) atoms. The van der Waals surface area contributed by atoms with Crippen molar-refractivity contribution in [2.45, 2.75) is 44.6 Å². The number of aromatic nitrogens is 2. The molecule has 10 heteroatoms. The van der Waals surface area contributed by atoms with Crippen molar-refractivity contribution in [3.8, 4) is 0 Å². The predicted octanol–water partition coefficient (Wildman–Crippen LogP) is 4.98. The summed E-state index contributed by atoms with van der Waals surface area (Å²) in [6.07, 6.45) is 3.50. The van der Waals surface area contributed by atoms with E-state index in [2.05, 4.69) is 38.1 Å². The molecule has 9 nitrogen and oxygen atoms in total. The van der Waals surface area contributed by atoms with Crippen molar-refractivity contribution in [1.82, 2.24) is 19.8 Å². The van der Waals surface area contributed by atoms with Crippen molar-refractivity contribution in [2.75, 3.05) is 49.7 Å². The van der Waals surface area contributed by atoms with E-state index < -0.39 is 5.41 Å². The van der Waals surface area contributed by atoms with Gasteiger partial charge in [0.15, 0.2) is 5.82 Å². The molecule has 3 aromatic rings. The summed E-state index contributed by atoms with van der Waals surface area (Å²) in [6.45, 7) is 6.37. The number of carbonyl (C=O) groups is 2. The van der Waals surface area contributed by atoms with E-state index in [4.69, 9.17) is 11.6 Å². The van der Waals surface area contributed by atoms with Crippen molar-refractivity contribution in [3.63, 3.8) is 0 Å². The largest absolute Gasteiger partial charge is 0.365 e. The van der Waals surface area contributed by atoms with Gasteiger partial charge < -0.3 is 25.8 Å². The number of anilines is 4. The van der Waals surface area contributed by atoms with Crippen molar-refractivity contribution in [1.29, 1.82) is 0 Å². The Kier molecular flexibility index (Phi) is 7.96. The number of fused-ring (bicyclic) bond motifs is 1. The molecular formula is C30H36ClN7O2. The van der Waals surface area contributed by atoms with E-state index in [9.17, 15) is 9.59 Å². The van der Waals surface area contributed by atoms with Crippen LogP contribution in [-0.4, -0.2) is 65.3 Å². The van der Waals surface area contributed by atoms with E-state index in [-0.39, 0.29) is 11.8 Å². The zero-order valence-electron chi connectivity index (χ0n) is 23.4. The number of carbonyl (C=O) groups excluding carboxylic acids is 2. The molecule has 5 rings (SSSR count). The highest BCUT2D eigenvalue weighted by Crippen LogP contribution is 2.40. The number of piperidine rings is 1. The molecule has 1 saturated heterocycles. The molecule has 0 bridgehead atoms. The van der Waals surface area contributed by atoms with Crippen molar-refractivity contribution in [2.24, 2.45) is 0 Å². The number of nitrogens with one attached hydrogen (secondary N) is 3. The third kappa shape index (κ3) is 5.90. The van der Waals surface area contributed by atoms with Gasteiger partial charge in [-0.2, -0.15) is 4.98 Å². The molecular weight excluding hydrogens is 526 g/mol. The summed E-state index contributed by atoms with van der Waals surface area (Å²) < 4.78 is 0. The fourth-order valence-electron chi connectivity index (χ4n) is 5.51. The third-order valence-electron chi connectivity index (χ3n) is 7.72. The van der Waals surface area contributed by atoms with E-state index in [1.54, 1.807) is 6.20 Å². The Morgan fingerprint density at radius 1 is 1.15 bits per heavy atom. The van der Waals surface area contributed by atoms with Crippen LogP contribution in [0.1, 0.15) is 49.3 Å². The van der Waals surface area contributed by atoms with Crippen LogP contribution >= 0.6 is 11.6 Å². The number of benzene rings is 2. The first-order chi connectivity index (χ1) is 19.1. The van der Waals surface area contributed by atoms with Gasteiger partial charge in [0.25, 0.3) is 0 Å². The van der Waals surface area contributed by atoms with E-state index in [0.717, 1.165) is 48.4 Å². The van der Waals surface area contributed by atoms with Crippen LogP contribution in [0.4, 0.5) is 23.1 Å². The molecule has 2 aliphatic rings. The number of likely N-dealkylation sites (N-methyl/N-ethyl adjacent to an activating group) is 1. The zero-order chi connectivity index (χ0) is 28.4. The number of amides is 2. The second kappa shape index (κ2) is 11.4. The van der Waals surface area contributed by atoms with Crippen molar-refractivity contribution in [3.05, 3.63) is 70.4 Å². The van der Waals surface area contributed by atoms with E-state index in [1.165, 1.54) is 5.56 Å². The lowest BCUT2D eigenvalue weighted by Crippen LogP contribution is -2.42. The first-order valence-electron chi connectivity index (χ1n) is 13.6. The van der Waals surface area contributed by atoms with Gasteiger partial charge in [-0.05, 0) is 81.6 Å². The van der Waals surface area contributed by atoms with Crippen molar-refractivity contribution < 1.29 is 9.59 Å². The molecule has 1 fully saturated rings. The number of likely N-dealkylation sites (tertiary alicyclic amines) is 1. The SMILES string of the molecule is CN(C)CC(=O)N1CCC(c2ccc(Nc3ncc(Cl)c(NCc4cccc5c4C(C)(C)C(=O)N5)n3)cc2)CC1. The van der Waals surface area contributed by atoms with E-state index in [0.29, 0.717) is 35.8 Å². The number of rotatable bonds is 8. The lowest BCUT2D eigenvalue weighted by molar-refractivity contribution is -0.132. The summed E-state index contributed by atoms with van der Waals surface area (Å²) in [5.74, 6) is 1.58. The summed E-state index contributed by atoms with van der Waals surface area (Å²) >= 11 is 6.41. The van der Waals surface area contributed by atoms with E-state index in [1.807, 2.05) is 68.1 Å². The quantitative estimate of drug-likeness (QED) is 0.356. The summed E-state index contributed by atoms with van der Waals surface area (Å²) in [7, 11) is 3.84. The fourth-order valence-corrected chi connectivity index (χ4v) is 5.67. The highest BCUT2D eigenvalue weighted by Gasteiger charge is 2.39. The Hall–Kier alpha value is -3.69. The standard InChI is InChI=1S/C30H36ClN7O2/c1-30(2)26-21(6-5-7-24(26)35-28(30)40)16-32-27-23(31)17-33-29(36-27)34-22-10-8-19(9-11-22)20-12-14-38(15-13-20)25(39)18-37(3)4/h5-11,17,20H,12-16,18H2,1-4H3,(H,35,40)(H2,32,33,34,36). The minimum Gasteiger partial charge on any atom is -0.365 e. The van der Waals surface area contributed by atoms with Crippen LogP contribution in [0.15, 0.2) is 48.7 Å². The van der Waals surface area contributed by atoms with Gasteiger partial charge in [-0.25, -0.2) is 4.98 Å². The average Bonchev–Trinajstić information content (AvgIpc) is 3.17. The molecule has 210 valence electrons. The number of hydrogen-bond donors (Lipinski definition) is 3. The molecule has 0 unspecified atom stereocenters. The van der Waals surface area contributed by atoms with Crippen LogP contribution in [0, 0.1) is 0 Å². The lowest BCUT2D eigenvalue weighted by Gasteiger charge is -2.33. The van der Waals surface area contributed by atoms with Gasteiger partial charge in [0.05, 0.1) is 18.2 Å². The smallest absolute Gasteiger partial charge is 0.236 e. The topological polar surface area (TPSA) is 102 Å². The maximum atomic E-state index is 12.4. The van der Waals surface area contributed by atoms with Gasteiger partial charge in [-0.3, -0.25) is 9.59 Å². The molecule has 3 heterocycles. The second-order valence-electron chi connectivity index (χ2n) is 11.3. The predicted molar refractivity (Wildman–Crippen MR) is 159 cm³/mol. The molecule has 2 amide bonds. The van der Waals surface area contributed by atoms with Crippen LogP contribution in [0.3, 0.4) is 0 Å². The Balaban J connectivity index is 1.20. The number of nitrogens with zero attached hydrogens (tertiary/aromatic N) is 4. The highest BCUT2D eigenvalue weighted by molar-refractivity contribution is 6.32. The van der Waals surface area contributed by atoms with Crippen LogP contribution < -0.4 is 16.0 Å². The highest BCUT2D eigenvalue weighted by atomic mass is 35.5. The Morgan fingerprint density at radius 3 is 2.58 bits per heavy atom. The first kappa shape index (κ1) is 27.9.